The van der Waals surface area contributed by atoms with Crippen molar-refractivity contribution >= 4 is 11.8 Å². The third kappa shape index (κ3) is 14.0. The van der Waals surface area contributed by atoms with E-state index in [1.54, 1.807) is 4.90 Å². The number of nitrogens with zero attached hydrogens (tertiary/aromatic N) is 1. The van der Waals surface area contributed by atoms with Gasteiger partial charge in [-0.05, 0) is 19.8 Å². The van der Waals surface area contributed by atoms with Gasteiger partial charge in [0.2, 0.25) is 11.8 Å². The van der Waals surface area contributed by atoms with Crippen LogP contribution in [0.25, 0.3) is 0 Å². The lowest BCUT2D eigenvalue weighted by Crippen LogP contribution is -2.40. The molecule has 1 heterocycles. The number of likely N-dealkylation sites (tertiary alicyclic amines) is 1. The van der Waals surface area contributed by atoms with Crippen molar-refractivity contribution < 1.29 is 9.59 Å². The zero-order valence-corrected chi connectivity index (χ0v) is 22.5. The van der Waals surface area contributed by atoms with Crippen molar-refractivity contribution in [1.29, 1.82) is 0 Å². The molecular formula is C30H55NO2. The summed E-state index contributed by atoms with van der Waals surface area (Å²) in [7, 11) is 0. The minimum Gasteiger partial charge on any atom is -0.275 e. The average Bonchev–Trinajstić information content (AvgIpc) is 3.14. The number of carbonyl (C=O) groups excluding carboxylic acids is 2. The summed E-state index contributed by atoms with van der Waals surface area (Å²) in [6.45, 7) is 6.60. The molecule has 1 aliphatic heterocycles. The second kappa shape index (κ2) is 20.3. The van der Waals surface area contributed by atoms with E-state index in [-0.39, 0.29) is 17.9 Å². The predicted molar refractivity (Wildman–Crippen MR) is 142 cm³/mol. The maximum absolute atomic E-state index is 12.3. The molecule has 1 unspecified atom stereocenters. The summed E-state index contributed by atoms with van der Waals surface area (Å²) >= 11 is 0. The van der Waals surface area contributed by atoms with Gasteiger partial charge in [-0.15, -0.1) is 0 Å². The summed E-state index contributed by atoms with van der Waals surface area (Å²) in [5.74, 6) is 0.0643. The lowest BCUT2D eigenvalue weighted by Gasteiger charge is -2.27. The summed E-state index contributed by atoms with van der Waals surface area (Å²) in [6, 6.07) is -0.00370. The van der Waals surface area contributed by atoms with Gasteiger partial charge in [0.1, 0.15) is 0 Å². The number of allylic oxidation sites excluding steroid dienone is 1. The van der Waals surface area contributed by atoms with Gasteiger partial charge in [-0.2, -0.15) is 0 Å². The Morgan fingerprint density at radius 3 is 1.48 bits per heavy atom. The number of carbonyl (C=O) groups is 2. The molecule has 1 fully saturated rings. The zero-order chi connectivity index (χ0) is 24.2. The predicted octanol–water partition coefficient (Wildman–Crippen LogP) is 9.29. The largest absolute Gasteiger partial charge is 0.275 e. The molecule has 3 heteroatoms. The lowest BCUT2D eigenvalue weighted by molar-refractivity contribution is -0.140. The SMILES string of the molecule is CCCCC=C(C)C(CCCCCCCCCCCCCCCCCC)N1C(=O)CCC1=O. The van der Waals surface area contributed by atoms with Gasteiger partial charge >= 0.3 is 0 Å². The molecule has 33 heavy (non-hydrogen) atoms. The van der Waals surface area contributed by atoms with Crippen molar-refractivity contribution in [1.82, 2.24) is 4.90 Å². The van der Waals surface area contributed by atoms with E-state index in [0.29, 0.717) is 12.8 Å². The Kier molecular flexibility index (Phi) is 18.4. The molecular weight excluding hydrogens is 406 g/mol. The van der Waals surface area contributed by atoms with Crippen molar-refractivity contribution in [2.45, 2.75) is 168 Å². The van der Waals surface area contributed by atoms with E-state index >= 15 is 0 Å². The van der Waals surface area contributed by atoms with Crippen LogP contribution in [0.2, 0.25) is 0 Å². The fourth-order valence-electron chi connectivity index (χ4n) is 5.06. The quantitative estimate of drug-likeness (QED) is 0.0914. The molecule has 1 aliphatic rings. The molecule has 192 valence electrons. The molecule has 1 saturated heterocycles. The normalized spacial score (nSPS) is 15.6. The highest BCUT2D eigenvalue weighted by Gasteiger charge is 2.35. The average molecular weight is 462 g/mol. The molecule has 0 aromatic heterocycles. The molecule has 0 radical (unpaired) electrons. The molecule has 0 aliphatic carbocycles. The Labute approximate surface area is 206 Å². The van der Waals surface area contributed by atoms with Gasteiger partial charge in [0.15, 0.2) is 0 Å². The smallest absolute Gasteiger partial charge is 0.230 e. The number of rotatable bonds is 22. The van der Waals surface area contributed by atoms with E-state index in [1.165, 1.54) is 115 Å². The first-order valence-electron chi connectivity index (χ1n) is 14.6. The van der Waals surface area contributed by atoms with Crippen LogP contribution in [-0.4, -0.2) is 22.8 Å². The highest BCUT2D eigenvalue weighted by atomic mass is 16.2. The number of amides is 2. The van der Waals surface area contributed by atoms with Gasteiger partial charge in [0.25, 0.3) is 0 Å². The first kappa shape index (κ1) is 29.9. The van der Waals surface area contributed by atoms with Crippen LogP contribution in [0.4, 0.5) is 0 Å². The number of hydrogen-bond donors (Lipinski definition) is 0. The Morgan fingerprint density at radius 1 is 0.667 bits per heavy atom. The Hall–Kier alpha value is -1.12. The molecule has 0 spiro atoms. The third-order valence-electron chi connectivity index (χ3n) is 7.28. The molecule has 0 aromatic rings. The molecule has 1 rings (SSSR count). The van der Waals surface area contributed by atoms with E-state index in [0.717, 1.165) is 19.3 Å². The topological polar surface area (TPSA) is 37.4 Å². The summed E-state index contributed by atoms with van der Waals surface area (Å²) < 4.78 is 0. The molecule has 0 N–H and O–H groups in total. The number of imide groups is 1. The van der Waals surface area contributed by atoms with E-state index in [4.69, 9.17) is 0 Å². The second-order valence-corrected chi connectivity index (χ2v) is 10.4. The maximum Gasteiger partial charge on any atom is 0.230 e. The van der Waals surface area contributed by atoms with Crippen LogP contribution in [0, 0.1) is 0 Å². The fraction of sp³-hybridized carbons (Fsp3) is 0.867. The molecule has 0 saturated carbocycles. The first-order chi connectivity index (χ1) is 16.1. The van der Waals surface area contributed by atoms with Crippen LogP contribution in [-0.2, 0) is 9.59 Å². The van der Waals surface area contributed by atoms with Gasteiger partial charge in [0, 0.05) is 12.8 Å². The van der Waals surface area contributed by atoms with Gasteiger partial charge < -0.3 is 0 Å². The van der Waals surface area contributed by atoms with Crippen molar-refractivity contribution in [3.63, 3.8) is 0 Å². The zero-order valence-electron chi connectivity index (χ0n) is 22.5. The minimum absolute atomic E-state index is 0.00370. The van der Waals surface area contributed by atoms with Crippen molar-refractivity contribution in [3.05, 3.63) is 11.6 Å². The van der Waals surface area contributed by atoms with Crippen LogP contribution >= 0.6 is 0 Å². The van der Waals surface area contributed by atoms with E-state index < -0.39 is 0 Å². The minimum atomic E-state index is -0.00370. The molecule has 0 bridgehead atoms. The second-order valence-electron chi connectivity index (χ2n) is 10.4. The van der Waals surface area contributed by atoms with Crippen LogP contribution in [0.5, 0.6) is 0 Å². The van der Waals surface area contributed by atoms with E-state index in [9.17, 15) is 9.59 Å². The Bertz CT molecular complexity index is 523. The van der Waals surface area contributed by atoms with Crippen molar-refractivity contribution in [3.8, 4) is 0 Å². The van der Waals surface area contributed by atoms with Crippen LogP contribution in [0.1, 0.15) is 162 Å². The van der Waals surface area contributed by atoms with Crippen LogP contribution in [0.3, 0.4) is 0 Å². The van der Waals surface area contributed by atoms with Crippen molar-refractivity contribution in [2.75, 3.05) is 0 Å². The Balaban J connectivity index is 2.10. The molecule has 0 aromatic carbocycles. The highest BCUT2D eigenvalue weighted by Crippen LogP contribution is 2.25. The van der Waals surface area contributed by atoms with Gasteiger partial charge in [-0.25, -0.2) is 0 Å². The van der Waals surface area contributed by atoms with Crippen LogP contribution < -0.4 is 0 Å². The lowest BCUT2D eigenvalue weighted by atomic mass is 9.97. The fourth-order valence-corrected chi connectivity index (χ4v) is 5.06. The van der Waals surface area contributed by atoms with Crippen LogP contribution in [0.15, 0.2) is 11.6 Å². The van der Waals surface area contributed by atoms with Gasteiger partial charge in [-0.1, -0.05) is 141 Å². The number of hydrogen-bond acceptors (Lipinski definition) is 2. The van der Waals surface area contributed by atoms with E-state index in [2.05, 4.69) is 26.8 Å². The molecule has 3 nitrogen and oxygen atoms in total. The summed E-state index contributed by atoms with van der Waals surface area (Å²) in [6.07, 6.45) is 29.3. The standard InChI is InChI=1S/C30H55NO2/c1-4-6-8-9-10-11-12-13-14-15-16-17-18-19-20-22-24-28(27(3)23-21-7-5-2)31-29(32)25-26-30(31)33/h23,28H,4-22,24-26H2,1-3H3. The molecule has 1 atom stereocenters. The summed E-state index contributed by atoms with van der Waals surface area (Å²) in [5, 5.41) is 0. The summed E-state index contributed by atoms with van der Waals surface area (Å²) in [4.78, 5) is 26.2. The summed E-state index contributed by atoms with van der Waals surface area (Å²) in [5.41, 5.74) is 1.22. The first-order valence-corrected chi connectivity index (χ1v) is 14.6. The monoisotopic (exact) mass is 461 g/mol. The highest BCUT2D eigenvalue weighted by molar-refractivity contribution is 6.02. The van der Waals surface area contributed by atoms with Gasteiger partial charge in [0.05, 0.1) is 6.04 Å². The maximum atomic E-state index is 12.3. The Morgan fingerprint density at radius 2 is 1.06 bits per heavy atom. The van der Waals surface area contributed by atoms with E-state index in [1.807, 2.05) is 0 Å². The van der Waals surface area contributed by atoms with Gasteiger partial charge in [-0.3, -0.25) is 14.5 Å². The van der Waals surface area contributed by atoms with Crippen molar-refractivity contribution in [2.24, 2.45) is 0 Å². The number of unbranched alkanes of at least 4 members (excludes halogenated alkanes) is 17. The third-order valence-corrected chi connectivity index (χ3v) is 7.28. The molecule has 2 amide bonds.